The topological polar surface area (TPSA) is 18.1 Å². The van der Waals surface area contributed by atoms with E-state index in [1.165, 1.54) is 44.1 Å². The van der Waals surface area contributed by atoms with E-state index in [-0.39, 0.29) is 0 Å². The normalized spacial score (nSPS) is 11.7. The number of hydrogen-bond donors (Lipinski definition) is 0. The molecule has 0 aliphatic carbocycles. The van der Waals surface area contributed by atoms with Gasteiger partial charge in [-0.1, -0.05) is 97.1 Å². The maximum atomic E-state index is 6.23. The molecule has 8 rings (SSSR count). The monoisotopic (exact) mass is 485 g/mol. The van der Waals surface area contributed by atoms with E-state index in [0.29, 0.717) is 0 Å². The average Bonchev–Trinajstić information content (AvgIpc) is 3.53. The standard InChI is InChI=1S/C36H23NO/c1-2-10-24(11-3-1)25-12-8-13-26(22-25)27-20-21-32-30(23-27)28-14-4-6-16-31(28)37(32)33-17-9-19-35-36(33)29-15-5-7-18-34(29)38-35/h1-23H. The molecule has 0 fully saturated rings. The first-order valence-electron chi connectivity index (χ1n) is 12.9. The van der Waals surface area contributed by atoms with Crippen LogP contribution in [0.25, 0.3) is 71.7 Å². The summed E-state index contributed by atoms with van der Waals surface area (Å²) >= 11 is 0. The quantitative estimate of drug-likeness (QED) is 0.243. The molecule has 6 aromatic carbocycles. The van der Waals surface area contributed by atoms with Crippen LogP contribution in [0.4, 0.5) is 0 Å². The second-order valence-electron chi connectivity index (χ2n) is 9.78. The van der Waals surface area contributed by atoms with Crippen molar-refractivity contribution >= 4 is 43.7 Å². The highest BCUT2D eigenvalue weighted by atomic mass is 16.3. The van der Waals surface area contributed by atoms with Crippen molar-refractivity contribution in [2.24, 2.45) is 0 Å². The Morgan fingerprint density at radius 3 is 1.92 bits per heavy atom. The number of benzene rings is 6. The molecule has 0 amide bonds. The van der Waals surface area contributed by atoms with Gasteiger partial charge in [-0.25, -0.2) is 0 Å². The Labute approximate surface area is 220 Å². The summed E-state index contributed by atoms with van der Waals surface area (Å²) in [5.41, 5.74) is 10.2. The van der Waals surface area contributed by atoms with Crippen molar-refractivity contribution in [3.63, 3.8) is 0 Å². The first kappa shape index (κ1) is 21.0. The van der Waals surface area contributed by atoms with E-state index in [9.17, 15) is 0 Å². The van der Waals surface area contributed by atoms with Crippen LogP contribution in [0.15, 0.2) is 144 Å². The van der Waals surface area contributed by atoms with E-state index in [4.69, 9.17) is 4.42 Å². The van der Waals surface area contributed by atoms with Gasteiger partial charge in [-0.05, 0) is 64.7 Å². The van der Waals surface area contributed by atoms with Gasteiger partial charge in [0.1, 0.15) is 11.2 Å². The second-order valence-corrected chi connectivity index (χ2v) is 9.78. The van der Waals surface area contributed by atoms with Crippen molar-refractivity contribution in [3.05, 3.63) is 140 Å². The molecule has 2 heteroatoms. The highest BCUT2D eigenvalue weighted by molar-refractivity contribution is 6.14. The second kappa shape index (κ2) is 8.22. The minimum atomic E-state index is 0.906. The summed E-state index contributed by atoms with van der Waals surface area (Å²) in [7, 11) is 0. The summed E-state index contributed by atoms with van der Waals surface area (Å²) in [6.07, 6.45) is 0. The molecule has 0 aliphatic rings. The van der Waals surface area contributed by atoms with Gasteiger partial charge in [0.05, 0.1) is 22.1 Å². The van der Waals surface area contributed by atoms with Crippen LogP contribution in [0.2, 0.25) is 0 Å². The van der Waals surface area contributed by atoms with Gasteiger partial charge in [-0.3, -0.25) is 0 Å². The van der Waals surface area contributed by atoms with E-state index in [1.54, 1.807) is 0 Å². The Bertz CT molecular complexity index is 2130. The molecule has 2 aromatic heterocycles. The molecule has 2 heterocycles. The van der Waals surface area contributed by atoms with E-state index < -0.39 is 0 Å². The van der Waals surface area contributed by atoms with Crippen molar-refractivity contribution in [3.8, 4) is 27.9 Å². The van der Waals surface area contributed by atoms with E-state index in [2.05, 4.69) is 132 Å². The molecule has 0 spiro atoms. The highest BCUT2D eigenvalue weighted by Gasteiger charge is 2.17. The van der Waals surface area contributed by atoms with E-state index >= 15 is 0 Å². The third-order valence-corrected chi connectivity index (χ3v) is 7.60. The summed E-state index contributed by atoms with van der Waals surface area (Å²) < 4.78 is 8.61. The van der Waals surface area contributed by atoms with Crippen LogP contribution in [-0.2, 0) is 0 Å². The van der Waals surface area contributed by atoms with Gasteiger partial charge < -0.3 is 8.98 Å². The minimum Gasteiger partial charge on any atom is -0.456 e. The largest absolute Gasteiger partial charge is 0.456 e. The molecule has 38 heavy (non-hydrogen) atoms. The molecule has 0 unspecified atom stereocenters. The Hall–Kier alpha value is -5.08. The van der Waals surface area contributed by atoms with Crippen molar-refractivity contribution in [1.82, 2.24) is 4.57 Å². The van der Waals surface area contributed by atoms with Gasteiger partial charge in [-0.15, -0.1) is 0 Å². The molecular weight excluding hydrogens is 462 g/mol. The summed E-state index contributed by atoms with van der Waals surface area (Å²) in [5.74, 6) is 0. The minimum absolute atomic E-state index is 0.906. The summed E-state index contributed by atoms with van der Waals surface area (Å²) in [6.45, 7) is 0. The SMILES string of the molecule is c1ccc(-c2cccc(-c3ccc4c(c3)c3ccccc3n4-c3cccc4oc5ccccc5c34)c2)cc1. The lowest BCUT2D eigenvalue weighted by Gasteiger charge is -2.10. The molecule has 0 saturated heterocycles. The fourth-order valence-corrected chi connectivity index (χ4v) is 5.86. The molecule has 0 radical (unpaired) electrons. The first-order chi connectivity index (χ1) is 18.8. The molecule has 0 N–H and O–H groups in total. The zero-order valence-electron chi connectivity index (χ0n) is 20.6. The third kappa shape index (κ3) is 3.14. The summed E-state index contributed by atoms with van der Waals surface area (Å²) in [4.78, 5) is 0. The van der Waals surface area contributed by atoms with Crippen molar-refractivity contribution in [2.45, 2.75) is 0 Å². The van der Waals surface area contributed by atoms with Crippen molar-refractivity contribution in [2.75, 3.05) is 0 Å². The first-order valence-corrected chi connectivity index (χ1v) is 12.9. The van der Waals surface area contributed by atoms with Crippen LogP contribution < -0.4 is 0 Å². The van der Waals surface area contributed by atoms with Gasteiger partial charge in [0.15, 0.2) is 0 Å². The fourth-order valence-electron chi connectivity index (χ4n) is 5.86. The van der Waals surface area contributed by atoms with E-state index in [1.807, 2.05) is 12.1 Å². The lowest BCUT2D eigenvalue weighted by Crippen LogP contribution is -1.94. The zero-order valence-corrected chi connectivity index (χ0v) is 20.6. The lowest BCUT2D eigenvalue weighted by molar-refractivity contribution is 0.669. The van der Waals surface area contributed by atoms with Gasteiger partial charge in [0.25, 0.3) is 0 Å². The summed E-state index contributed by atoms with van der Waals surface area (Å²) in [6, 6.07) is 49.6. The number of fused-ring (bicyclic) bond motifs is 6. The molecule has 8 aromatic rings. The number of furan rings is 1. The lowest BCUT2D eigenvalue weighted by atomic mass is 9.98. The molecule has 0 saturated carbocycles. The van der Waals surface area contributed by atoms with Crippen molar-refractivity contribution < 1.29 is 4.42 Å². The molecule has 178 valence electrons. The predicted molar refractivity (Wildman–Crippen MR) is 159 cm³/mol. The Morgan fingerprint density at radius 2 is 1.03 bits per heavy atom. The maximum Gasteiger partial charge on any atom is 0.137 e. The molecular formula is C36H23NO. The Morgan fingerprint density at radius 1 is 0.395 bits per heavy atom. The number of aromatic nitrogens is 1. The van der Waals surface area contributed by atoms with E-state index in [0.717, 1.165) is 27.6 Å². The smallest absolute Gasteiger partial charge is 0.137 e. The predicted octanol–water partition coefficient (Wildman–Crippen LogP) is 10.0. The Balaban J connectivity index is 1.38. The number of para-hydroxylation sites is 2. The zero-order chi connectivity index (χ0) is 25.1. The van der Waals surface area contributed by atoms with Crippen LogP contribution in [0.5, 0.6) is 0 Å². The molecule has 0 aliphatic heterocycles. The Kier molecular flexibility index (Phi) is 4.55. The number of nitrogens with zero attached hydrogens (tertiary/aromatic N) is 1. The van der Waals surface area contributed by atoms with Gasteiger partial charge in [-0.2, -0.15) is 0 Å². The van der Waals surface area contributed by atoms with Crippen LogP contribution in [-0.4, -0.2) is 4.57 Å². The van der Waals surface area contributed by atoms with Crippen LogP contribution >= 0.6 is 0 Å². The summed E-state index contributed by atoms with van der Waals surface area (Å²) in [5, 5.41) is 4.77. The number of rotatable bonds is 3. The third-order valence-electron chi connectivity index (χ3n) is 7.60. The van der Waals surface area contributed by atoms with Crippen LogP contribution in [0, 0.1) is 0 Å². The molecule has 0 atom stereocenters. The fraction of sp³-hybridized carbons (Fsp3) is 0. The van der Waals surface area contributed by atoms with Gasteiger partial charge in [0, 0.05) is 16.2 Å². The molecule has 0 bridgehead atoms. The van der Waals surface area contributed by atoms with Gasteiger partial charge in [0.2, 0.25) is 0 Å². The molecule has 2 nitrogen and oxygen atoms in total. The van der Waals surface area contributed by atoms with Crippen LogP contribution in [0.3, 0.4) is 0 Å². The van der Waals surface area contributed by atoms with Crippen LogP contribution in [0.1, 0.15) is 0 Å². The number of hydrogen-bond acceptors (Lipinski definition) is 1. The highest BCUT2D eigenvalue weighted by Crippen LogP contribution is 2.39. The maximum absolute atomic E-state index is 6.23. The van der Waals surface area contributed by atoms with Gasteiger partial charge >= 0.3 is 0 Å². The average molecular weight is 486 g/mol. The van der Waals surface area contributed by atoms with Crippen molar-refractivity contribution in [1.29, 1.82) is 0 Å².